The minimum Gasteiger partial charge on any atom is -0.351 e. The van der Waals surface area contributed by atoms with Crippen LogP contribution in [0.15, 0.2) is 18.2 Å². The van der Waals surface area contributed by atoms with E-state index in [1.807, 2.05) is 13.8 Å². The van der Waals surface area contributed by atoms with Crippen LogP contribution >= 0.6 is 23.2 Å². The molecule has 0 saturated carbocycles. The van der Waals surface area contributed by atoms with Gasteiger partial charge in [-0.3, -0.25) is 14.9 Å². The topological polar surface area (TPSA) is 72.2 Å². The molecule has 7 heteroatoms. The first-order chi connectivity index (χ1) is 9.28. The molecular formula is C13H16Cl2N2O3. The first-order valence-electron chi connectivity index (χ1n) is 6.05. The molecule has 0 bridgehead atoms. The standard InChI is InChI=1S/C13H16Cl2N2O3/c1-13(2,6-7-14)8-16-12(18)11-9(15)4-3-5-10(11)17(19)20/h3-5H,6-8H2,1-2H3,(H,16,18). The van der Waals surface area contributed by atoms with Crippen LogP contribution in [0.4, 0.5) is 5.69 Å². The molecular weight excluding hydrogens is 303 g/mol. The lowest BCUT2D eigenvalue weighted by atomic mass is 9.90. The van der Waals surface area contributed by atoms with Crippen molar-refractivity contribution in [2.24, 2.45) is 5.41 Å². The summed E-state index contributed by atoms with van der Waals surface area (Å²) in [6.45, 7) is 4.27. The Balaban J connectivity index is 2.91. The number of carbonyl (C=O) groups excluding carboxylic acids is 1. The zero-order chi connectivity index (χ0) is 15.3. The summed E-state index contributed by atoms with van der Waals surface area (Å²) in [6, 6.07) is 4.15. The number of nitrogens with one attached hydrogen (secondary N) is 1. The highest BCUT2D eigenvalue weighted by Crippen LogP contribution is 2.26. The first kappa shape index (κ1) is 16.7. The Morgan fingerprint density at radius 1 is 1.45 bits per heavy atom. The molecule has 1 amide bonds. The van der Waals surface area contributed by atoms with Gasteiger partial charge in [0.2, 0.25) is 0 Å². The molecule has 0 saturated heterocycles. The number of hydrogen-bond acceptors (Lipinski definition) is 3. The molecule has 110 valence electrons. The van der Waals surface area contributed by atoms with Crippen LogP contribution in [0.2, 0.25) is 5.02 Å². The van der Waals surface area contributed by atoms with Gasteiger partial charge in [0.1, 0.15) is 5.56 Å². The zero-order valence-electron chi connectivity index (χ0n) is 11.3. The molecule has 0 unspecified atom stereocenters. The molecule has 0 heterocycles. The first-order valence-corrected chi connectivity index (χ1v) is 6.97. The Hall–Kier alpha value is -1.33. The number of nitro benzene ring substituents is 1. The zero-order valence-corrected chi connectivity index (χ0v) is 12.8. The maximum absolute atomic E-state index is 12.1. The van der Waals surface area contributed by atoms with E-state index >= 15 is 0 Å². The summed E-state index contributed by atoms with van der Waals surface area (Å²) in [5.74, 6) is -0.0697. The minimum atomic E-state index is -0.620. The van der Waals surface area contributed by atoms with Gasteiger partial charge in [-0.1, -0.05) is 31.5 Å². The molecule has 1 N–H and O–H groups in total. The summed E-state index contributed by atoms with van der Waals surface area (Å²) in [5.41, 5.74) is -0.598. The highest BCUT2D eigenvalue weighted by atomic mass is 35.5. The maximum atomic E-state index is 12.1. The highest BCUT2D eigenvalue weighted by Gasteiger charge is 2.25. The molecule has 0 aliphatic heterocycles. The van der Waals surface area contributed by atoms with Crippen molar-refractivity contribution in [3.8, 4) is 0 Å². The lowest BCUT2D eigenvalue weighted by molar-refractivity contribution is -0.385. The lowest BCUT2D eigenvalue weighted by Crippen LogP contribution is -2.34. The van der Waals surface area contributed by atoms with Crippen molar-refractivity contribution in [3.63, 3.8) is 0 Å². The number of nitrogens with zero attached hydrogens (tertiary/aromatic N) is 1. The quantitative estimate of drug-likeness (QED) is 0.494. The van der Waals surface area contributed by atoms with E-state index in [1.54, 1.807) is 0 Å². The molecule has 0 fully saturated rings. The normalized spacial score (nSPS) is 11.2. The number of benzene rings is 1. The van der Waals surface area contributed by atoms with Crippen LogP contribution in [0.25, 0.3) is 0 Å². The monoisotopic (exact) mass is 318 g/mol. The molecule has 0 radical (unpaired) electrons. The fraction of sp³-hybridized carbons (Fsp3) is 0.462. The van der Waals surface area contributed by atoms with Crippen molar-refractivity contribution in [1.29, 1.82) is 0 Å². The van der Waals surface area contributed by atoms with Gasteiger partial charge >= 0.3 is 0 Å². The number of amides is 1. The molecule has 1 aromatic carbocycles. The van der Waals surface area contributed by atoms with Crippen LogP contribution in [0.5, 0.6) is 0 Å². The van der Waals surface area contributed by atoms with E-state index in [0.29, 0.717) is 12.4 Å². The Kier molecular flexibility index (Phi) is 5.77. The maximum Gasteiger partial charge on any atom is 0.283 e. The molecule has 20 heavy (non-hydrogen) atoms. The Morgan fingerprint density at radius 2 is 2.10 bits per heavy atom. The van der Waals surface area contributed by atoms with Gasteiger partial charge in [-0.15, -0.1) is 11.6 Å². The van der Waals surface area contributed by atoms with E-state index in [2.05, 4.69) is 5.32 Å². The molecule has 1 rings (SSSR count). The van der Waals surface area contributed by atoms with Gasteiger partial charge in [0.25, 0.3) is 11.6 Å². The third-order valence-electron chi connectivity index (χ3n) is 2.91. The summed E-state index contributed by atoms with van der Waals surface area (Å²) in [6.07, 6.45) is 0.722. The van der Waals surface area contributed by atoms with E-state index in [1.165, 1.54) is 18.2 Å². The fourth-order valence-electron chi connectivity index (χ4n) is 1.64. The van der Waals surface area contributed by atoms with Crippen molar-refractivity contribution in [2.45, 2.75) is 20.3 Å². The van der Waals surface area contributed by atoms with Crippen LogP contribution in [-0.4, -0.2) is 23.3 Å². The molecule has 0 aromatic heterocycles. The van der Waals surface area contributed by atoms with E-state index in [-0.39, 0.29) is 21.7 Å². The second kappa shape index (κ2) is 6.90. The number of nitro groups is 1. The van der Waals surface area contributed by atoms with Crippen molar-refractivity contribution >= 4 is 34.8 Å². The van der Waals surface area contributed by atoms with Gasteiger partial charge in [0.15, 0.2) is 0 Å². The summed E-state index contributed by atoms with van der Waals surface area (Å²) >= 11 is 11.6. The third-order valence-corrected chi connectivity index (χ3v) is 3.42. The number of carbonyl (C=O) groups is 1. The van der Waals surface area contributed by atoms with Gasteiger partial charge in [0.05, 0.1) is 9.95 Å². The Labute approximate surface area is 127 Å². The molecule has 5 nitrogen and oxygen atoms in total. The van der Waals surface area contributed by atoms with E-state index < -0.39 is 10.8 Å². The van der Waals surface area contributed by atoms with Gasteiger partial charge in [0, 0.05) is 18.5 Å². The number of alkyl halides is 1. The summed E-state index contributed by atoms with van der Waals surface area (Å²) in [4.78, 5) is 22.4. The van der Waals surface area contributed by atoms with Crippen molar-refractivity contribution in [3.05, 3.63) is 38.9 Å². The average Bonchev–Trinajstić information content (AvgIpc) is 2.35. The highest BCUT2D eigenvalue weighted by molar-refractivity contribution is 6.34. The molecule has 0 aliphatic rings. The van der Waals surface area contributed by atoms with Crippen molar-refractivity contribution in [2.75, 3.05) is 12.4 Å². The smallest absolute Gasteiger partial charge is 0.283 e. The summed E-state index contributed by atoms with van der Waals surface area (Å²) < 4.78 is 0. The van der Waals surface area contributed by atoms with Crippen LogP contribution in [-0.2, 0) is 0 Å². The van der Waals surface area contributed by atoms with Gasteiger partial charge in [-0.05, 0) is 17.9 Å². The van der Waals surface area contributed by atoms with Gasteiger partial charge in [-0.25, -0.2) is 0 Å². The van der Waals surface area contributed by atoms with Crippen molar-refractivity contribution in [1.82, 2.24) is 5.32 Å². The SMILES string of the molecule is CC(C)(CCCl)CNC(=O)c1c(Cl)cccc1[N+](=O)[O-]. The summed E-state index contributed by atoms with van der Waals surface area (Å²) in [7, 11) is 0. The predicted octanol–water partition coefficient (Wildman–Crippen LogP) is 3.63. The minimum absolute atomic E-state index is 0.0619. The van der Waals surface area contributed by atoms with Gasteiger partial charge < -0.3 is 5.32 Å². The number of halogens is 2. The van der Waals surface area contributed by atoms with Crippen LogP contribution in [0.1, 0.15) is 30.6 Å². The third kappa shape index (κ3) is 4.35. The van der Waals surface area contributed by atoms with Crippen LogP contribution < -0.4 is 5.32 Å². The second-order valence-electron chi connectivity index (χ2n) is 5.18. The predicted molar refractivity (Wildman–Crippen MR) is 79.6 cm³/mol. The number of rotatable bonds is 6. The molecule has 0 spiro atoms. The van der Waals surface area contributed by atoms with E-state index in [9.17, 15) is 14.9 Å². The average molecular weight is 319 g/mol. The van der Waals surface area contributed by atoms with Crippen LogP contribution in [0.3, 0.4) is 0 Å². The lowest BCUT2D eigenvalue weighted by Gasteiger charge is -2.23. The Morgan fingerprint density at radius 3 is 2.65 bits per heavy atom. The number of hydrogen-bond donors (Lipinski definition) is 1. The molecule has 0 aliphatic carbocycles. The summed E-state index contributed by atoms with van der Waals surface area (Å²) in [5, 5.41) is 13.7. The molecule has 0 atom stereocenters. The molecule has 1 aromatic rings. The largest absolute Gasteiger partial charge is 0.351 e. The fourth-order valence-corrected chi connectivity index (χ4v) is 2.41. The Bertz CT molecular complexity index is 518. The van der Waals surface area contributed by atoms with Crippen LogP contribution in [0, 0.1) is 15.5 Å². The van der Waals surface area contributed by atoms with E-state index in [0.717, 1.165) is 6.42 Å². The van der Waals surface area contributed by atoms with Gasteiger partial charge in [-0.2, -0.15) is 0 Å². The second-order valence-corrected chi connectivity index (χ2v) is 5.96. The van der Waals surface area contributed by atoms with E-state index in [4.69, 9.17) is 23.2 Å². The van der Waals surface area contributed by atoms with Crippen molar-refractivity contribution < 1.29 is 9.72 Å².